The fraction of sp³-hybridized carbons (Fsp3) is 0.636. The van der Waals surface area contributed by atoms with E-state index in [-0.39, 0.29) is 12.5 Å². The molecule has 2 atom stereocenters. The Kier molecular flexibility index (Phi) is 4.07. The second kappa shape index (κ2) is 5.77. The van der Waals surface area contributed by atoms with E-state index >= 15 is 0 Å². The van der Waals surface area contributed by atoms with Crippen LogP contribution in [0.1, 0.15) is 6.42 Å². The summed E-state index contributed by atoms with van der Waals surface area (Å²) in [5, 5.41) is 12.5. The zero-order valence-corrected chi connectivity index (χ0v) is 9.17. The highest BCUT2D eigenvalue weighted by atomic mass is 16.5. The second-order valence-corrected chi connectivity index (χ2v) is 4.04. The van der Waals surface area contributed by atoms with Crippen LogP contribution < -0.4 is 5.32 Å². The molecule has 0 aliphatic carbocycles. The summed E-state index contributed by atoms with van der Waals surface area (Å²) in [6.45, 7) is 2.46. The fourth-order valence-corrected chi connectivity index (χ4v) is 1.93. The number of anilines is 1. The lowest BCUT2D eigenvalue weighted by molar-refractivity contribution is 0.145. The zero-order valence-electron chi connectivity index (χ0n) is 9.17. The minimum Gasteiger partial charge on any atom is -0.396 e. The van der Waals surface area contributed by atoms with Gasteiger partial charge in [-0.2, -0.15) is 0 Å². The molecule has 88 valence electrons. The van der Waals surface area contributed by atoms with Crippen LogP contribution in [-0.4, -0.2) is 41.4 Å². The van der Waals surface area contributed by atoms with E-state index in [1.165, 1.54) is 0 Å². The molecule has 1 fully saturated rings. The zero-order chi connectivity index (χ0) is 11.2. The van der Waals surface area contributed by atoms with Gasteiger partial charge in [-0.3, -0.25) is 4.98 Å². The van der Waals surface area contributed by atoms with Gasteiger partial charge in [-0.25, -0.2) is 4.98 Å². The predicted octanol–water partition coefficient (Wildman–Crippen LogP) is 0.533. The monoisotopic (exact) mass is 223 g/mol. The number of nitrogens with zero attached hydrogens (tertiary/aromatic N) is 2. The van der Waals surface area contributed by atoms with Crippen LogP contribution in [0.15, 0.2) is 18.6 Å². The van der Waals surface area contributed by atoms with E-state index in [0.717, 1.165) is 25.5 Å². The van der Waals surface area contributed by atoms with Crippen LogP contribution in [0.4, 0.5) is 5.82 Å². The fourth-order valence-electron chi connectivity index (χ4n) is 1.93. The van der Waals surface area contributed by atoms with Crippen molar-refractivity contribution < 1.29 is 9.84 Å². The molecule has 0 spiro atoms. The number of aliphatic hydroxyl groups is 1. The molecule has 5 nitrogen and oxygen atoms in total. The minimum atomic E-state index is 0.182. The number of aromatic nitrogens is 2. The second-order valence-electron chi connectivity index (χ2n) is 4.04. The van der Waals surface area contributed by atoms with E-state index in [2.05, 4.69) is 15.3 Å². The van der Waals surface area contributed by atoms with Gasteiger partial charge in [0.05, 0.1) is 6.20 Å². The van der Waals surface area contributed by atoms with Gasteiger partial charge in [0.2, 0.25) is 0 Å². The molecule has 2 heterocycles. The third-order valence-corrected chi connectivity index (χ3v) is 2.97. The molecule has 5 heteroatoms. The first kappa shape index (κ1) is 11.3. The van der Waals surface area contributed by atoms with Gasteiger partial charge < -0.3 is 15.2 Å². The van der Waals surface area contributed by atoms with Gasteiger partial charge in [-0.05, 0) is 12.3 Å². The van der Waals surface area contributed by atoms with Gasteiger partial charge in [0.15, 0.2) is 0 Å². The molecular weight excluding hydrogens is 206 g/mol. The van der Waals surface area contributed by atoms with Gasteiger partial charge >= 0.3 is 0 Å². The van der Waals surface area contributed by atoms with Crippen molar-refractivity contribution in [2.45, 2.75) is 6.42 Å². The summed E-state index contributed by atoms with van der Waals surface area (Å²) >= 11 is 0. The molecule has 1 aliphatic rings. The maximum atomic E-state index is 9.33. The molecular formula is C11H17N3O2. The van der Waals surface area contributed by atoms with Crippen molar-refractivity contribution in [2.75, 3.05) is 31.7 Å². The Labute approximate surface area is 94.9 Å². The van der Waals surface area contributed by atoms with Crippen LogP contribution >= 0.6 is 0 Å². The molecule has 0 amide bonds. The Morgan fingerprint density at radius 1 is 1.56 bits per heavy atom. The van der Waals surface area contributed by atoms with Crippen LogP contribution in [0.3, 0.4) is 0 Å². The molecule has 16 heavy (non-hydrogen) atoms. The summed E-state index contributed by atoms with van der Waals surface area (Å²) in [6.07, 6.45) is 6.00. The molecule has 1 aliphatic heterocycles. The maximum absolute atomic E-state index is 9.33. The van der Waals surface area contributed by atoms with Crippen molar-refractivity contribution in [1.82, 2.24) is 9.97 Å². The highest BCUT2D eigenvalue weighted by Gasteiger charge is 2.24. The molecule has 0 aromatic carbocycles. The highest BCUT2D eigenvalue weighted by molar-refractivity contribution is 5.29. The van der Waals surface area contributed by atoms with Crippen molar-refractivity contribution in [3.05, 3.63) is 18.6 Å². The van der Waals surface area contributed by atoms with Gasteiger partial charge in [0, 0.05) is 44.7 Å². The number of hydrogen-bond acceptors (Lipinski definition) is 5. The Balaban J connectivity index is 1.83. The lowest BCUT2D eigenvalue weighted by Gasteiger charge is -2.20. The summed E-state index contributed by atoms with van der Waals surface area (Å²) in [4.78, 5) is 8.10. The number of ether oxygens (including phenoxy) is 1. The number of rotatable bonds is 5. The summed E-state index contributed by atoms with van der Waals surface area (Å²) < 4.78 is 5.33. The van der Waals surface area contributed by atoms with E-state index in [4.69, 9.17) is 4.74 Å². The summed E-state index contributed by atoms with van der Waals surface area (Å²) in [7, 11) is 0. The first-order valence-corrected chi connectivity index (χ1v) is 5.58. The van der Waals surface area contributed by atoms with Crippen LogP contribution in [-0.2, 0) is 4.74 Å². The predicted molar refractivity (Wildman–Crippen MR) is 60.0 cm³/mol. The molecule has 1 aromatic rings. The lowest BCUT2D eigenvalue weighted by atomic mass is 9.92. The normalized spacial score (nSPS) is 21.9. The molecule has 2 N–H and O–H groups in total. The van der Waals surface area contributed by atoms with Crippen molar-refractivity contribution in [1.29, 1.82) is 0 Å². The lowest BCUT2D eigenvalue weighted by Crippen LogP contribution is -2.26. The van der Waals surface area contributed by atoms with Crippen LogP contribution in [0.2, 0.25) is 0 Å². The van der Waals surface area contributed by atoms with E-state index in [0.29, 0.717) is 12.5 Å². The van der Waals surface area contributed by atoms with Gasteiger partial charge in [0.25, 0.3) is 0 Å². The third kappa shape index (κ3) is 2.90. The number of nitrogens with one attached hydrogen (secondary N) is 1. The Morgan fingerprint density at radius 3 is 3.12 bits per heavy atom. The number of hydrogen-bond donors (Lipinski definition) is 2. The summed E-state index contributed by atoms with van der Waals surface area (Å²) in [6, 6.07) is 0. The number of aliphatic hydroxyl groups excluding tert-OH is 1. The van der Waals surface area contributed by atoms with Gasteiger partial charge in [0.1, 0.15) is 5.82 Å². The smallest absolute Gasteiger partial charge is 0.144 e. The van der Waals surface area contributed by atoms with Gasteiger partial charge in [-0.15, -0.1) is 0 Å². The Bertz CT molecular complexity index is 301. The average Bonchev–Trinajstić information content (AvgIpc) is 2.85. The Hall–Kier alpha value is -1.20. The quantitative estimate of drug-likeness (QED) is 0.762. The highest BCUT2D eigenvalue weighted by Crippen LogP contribution is 2.22. The van der Waals surface area contributed by atoms with Crippen molar-refractivity contribution in [3.8, 4) is 0 Å². The average molecular weight is 223 g/mol. The van der Waals surface area contributed by atoms with Crippen LogP contribution in [0.5, 0.6) is 0 Å². The van der Waals surface area contributed by atoms with Crippen molar-refractivity contribution in [3.63, 3.8) is 0 Å². The van der Waals surface area contributed by atoms with E-state index in [1.807, 2.05) is 0 Å². The standard InChI is InChI=1S/C11H17N3O2/c15-7-10(9-1-4-16-8-9)5-14-11-6-12-2-3-13-11/h2-3,6,9-10,15H,1,4-5,7-8H2,(H,13,14). The SMILES string of the molecule is OCC(CNc1cnccn1)C1CCOC1. The third-order valence-electron chi connectivity index (χ3n) is 2.97. The largest absolute Gasteiger partial charge is 0.396 e. The molecule has 0 bridgehead atoms. The maximum Gasteiger partial charge on any atom is 0.144 e. The molecule has 0 radical (unpaired) electrons. The van der Waals surface area contributed by atoms with E-state index in [1.54, 1.807) is 18.6 Å². The molecule has 1 aromatic heterocycles. The topological polar surface area (TPSA) is 67.3 Å². The van der Waals surface area contributed by atoms with Crippen LogP contribution in [0.25, 0.3) is 0 Å². The first-order chi connectivity index (χ1) is 7.90. The van der Waals surface area contributed by atoms with E-state index in [9.17, 15) is 5.11 Å². The molecule has 0 saturated carbocycles. The molecule has 2 unspecified atom stereocenters. The van der Waals surface area contributed by atoms with Crippen molar-refractivity contribution >= 4 is 5.82 Å². The summed E-state index contributed by atoms with van der Waals surface area (Å²) in [5.41, 5.74) is 0. The van der Waals surface area contributed by atoms with Crippen LogP contribution in [0, 0.1) is 11.8 Å². The minimum absolute atomic E-state index is 0.182. The Morgan fingerprint density at radius 2 is 2.50 bits per heavy atom. The molecule has 1 saturated heterocycles. The van der Waals surface area contributed by atoms with E-state index < -0.39 is 0 Å². The van der Waals surface area contributed by atoms with Crippen molar-refractivity contribution in [2.24, 2.45) is 11.8 Å². The first-order valence-electron chi connectivity index (χ1n) is 5.58. The van der Waals surface area contributed by atoms with Gasteiger partial charge in [-0.1, -0.05) is 0 Å². The summed E-state index contributed by atoms with van der Waals surface area (Å²) in [5.74, 6) is 1.43. The molecule has 2 rings (SSSR count).